The van der Waals surface area contributed by atoms with Gasteiger partial charge in [-0.1, -0.05) is 18.0 Å². The zero-order valence-electron chi connectivity index (χ0n) is 13.0. The summed E-state index contributed by atoms with van der Waals surface area (Å²) in [6.45, 7) is 1.14. The zero-order valence-corrected chi connectivity index (χ0v) is 13.8. The van der Waals surface area contributed by atoms with Crippen molar-refractivity contribution < 1.29 is 19.4 Å². The molecule has 1 fully saturated rings. The van der Waals surface area contributed by atoms with Gasteiger partial charge in [-0.15, -0.1) is 0 Å². The molecule has 1 aromatic carbocycles. The highest BCUT2D eigenvalue weighted by Crippen LogP contribution is 2.27. The van der Waals surface area contributed by atoms with E-state index in [-0.39, 0.29) is 12.3 Å². The Morgan fingerprint density at radius 1 is 1.43 bits per heavy atom. The number of benzene rings is 1. The third-order valence-corrected chi connectivity index (χ3v) is 4.20. The summed E-state index contributed by atoms with van der Waals surface area (Å²) < 4.78 is 5.18. The Morgan fingerprint density at radius 3 is 2.91 bits per heavy atom. The lowest BCUT2D eigenvalue weighted by Crippen LogP contribution is -2.45. The number of hydrogen-bond acceptors (Lipinski definition) is 4. The number of piperidine rings is 1. The maximum atomic E-state index is 12.1. The van der Waals surface area contributed by atoms with Crippen LogP contribution in [0.5, 0.6) is 5.75 Å². The predicted octanol–water partition coefficient (Wildman–Crippen LogP) is 2.62. The second-order valence-electron chi connectivity index (χ2n) is 5.53. The first-order valence-electron chi connectivity index (χ1n) is 7.61. The molecule has 23 heavy (non-hydrogen) atoms. The molecule has 1 aliphatic heterocycles. The van der Waals surface area contributed by atoms with Gasteiger partial charge in [0.2, 0.25) is 5.91 Å². The van der Waals surface area contributed by atoms with Crippen LogP contribution in [0, 0.1) is 0 Å². The normalized spacial score (nSPS) is 18.4. The van der Waals surface area contributed by atoms with Crippen molar-refractivity contribution in [3.8, 4) is 5.75 Å². The summed E-state index contributed by atoms with van der Waals surface area (Å²) >= 11 is 5.93. The molecule has 1 heterocycles. The average Bonchev–Trinajstić information content (AvgIpc) is 2.53. The van der Waals surface area contributed by atoms with Gasteiger partial charge >= 0.3 is 5.97 Å². The van der Waals surface area contributed by atoms with E-state index >= 15 is 0 Å². The predicted molar refractivity (Wildman–Crippen MR) is 88.1 cm³/mol. The molecule has 1 unspecified atom stereocenters. The fraction of sp³-hybridized carbons (Fsp3) is 0.500. The molecule has 6 nitrogen and oxygen atoms in total. The number of carbonyl (C=O) groups excluding carboxylic acids is 1. The molecule has 7 heteroatoms. The van der Waals surface area contributed by atoms with Gasteiger partial charge in [-0.3, -0.25) is 14.5 Å². The topological polar surface area (TPSA) is 78.9 Å². The van der Waals surface area contributed by atoms with E-state index in [9.17, 15) is 14.7 Å². The molecule has 0 bridgehead atoms. The number of halogens is 1. The lowest BCUT2D eigenvalue weighted by molar-refractivity contribution is -0.144. The molecule has 0 spiro atoms. The number of likely N-dealkylation sites (tertiary alicyclic amines) is 1. The summed E-state index contributed by atoms with van der Waals surface area (Å²) in [5.74, 6) is -0.481. The standard InChI is InChI=1S/C16H21ClN2O4/c1-23-14-6-5-11(17)10-12(14)18-15(20)7-9-19-8-3-2-4-13(19)16(21)22/h5-6,10,13H,2-4,7-9H2,1H3,(H,18,20)(H,21,22). The lowest BCUT2D eigenvalue weighted by atomic mass is 10.0. The molecule has 2 N–H and O–H groups in total. The van der Waals surface area contributed by atoms with Crippen LogP contribution in [-0.2, 0) is 9.59 Å². The van der Waals surface area contributed by atoms with Crippen LogP contribution in [-0.4, -0.2) is 48.1 Å². The molecule has 0 aromatic heterocycles. The molecule has 1 aromatic rings. The van der Waals surface area contributed by atoms with E-state index in [1.54, 1.807) is 18.2 Å². The number of hydrogen-bond donors (Lipinski definition) is 2. The summed E-state index contributed by atoms with van der Waals surface area (Å²) in [4.78, 5) is 25.2. The summed E-state index contributed by atoms with van der Waals surface area (Å²) in [5, 5.41) is 12.5. The summed E-state index contributed by atoms with van der Waals surface area (Å²) in [6, 6.07) is 4.50. The van der Waals surface area contributed by atoms with Gasteiger partial charge in [0.1, 0.15) is 11.8 Å². The molecule has 1 atom stereocenters. The van der Waals surface area contributed by atoms with Gasteiger partial charge in [-0.05, 0) is 37.6 Å². The SMILES string of the molecule is COc1ccc(Cl)cc1NC(=O)CCN1CCCCC1C(=O)O. The molecular formula is C16H21ClN2O4. The van der Waals surface area contributed by atoms with Crippen molar-refractivity contribution in [1.82, 2.24) is 4.90 Å². The summed E-state index contributed by atoms with van der Waals surface area (Å²) in [5.41, 5.74) is 0.512. The Balaban J connectivity index is 1.92. The van der Waals surface area contributed by atoms with E-state index in [4.69, 9.17) is 16.3 Å². The number of methoxy groups -OCH3 is 1. The Kier molecular flexibility index (Phi) is 6.24. The van der Waals surface area contributed by atoms with Crippen molar-refractivity contribution in [3.63, 3.8) is 0 Å². The molecule has 0 aliphatic carbocycles. The number of aliphatic carboxylic acids is 1. The number of nitrogens with one attached hydrogen (secondary N) is 1. The first kappa shape index (κ1) is 17.6. The zero-order chi connectivity index (χ0) is 16.8. The van der Waals surface area contributed by atoms with Crippen LogP contribution in [0.15, 0.2) is 18.2 Å². The Hall–Kier alpha value is -1.79. The van der Waals surface area contributed by atoms with Crippen molar-refractivity contribution in [2.75, 3.05) is 25.5 Å². The highest BCUT2D eigenvalue weighted by molar-refractivity contribution is 6.31. The van der Waals surface area contributed by atoms with E-state index in [1.807, 2.05) is 4.90 Å². The van der Waals surface area contributed by atoms with E-state index in [0.29, 0.717) is 36.0 Å². The Morgan fingerprint density at radius 2 is 2.22 bits per heavy atom. The van der Waals surface area contributed by atoms with E-state index in [2.05, 4.69) is 5.32 Å². The first-order valence-corrected chi connectivity index (χ1v) is 7.99. The summed E-state index contributed by atoms with van der Waals surface area (Å²) in [6.07, 6.45) is 2.74. The second-order valence-corrected chi connectivity index (χ2v) is 5.97. The average molecular weight is 341 g/mol. The van der Waals surface area contributed by atoms with Gasteiger partial charge in [0.15, 0.2) is 0 Å². The Labute approximate surface area is 140 Å². The fourth-order valence-electron chi connectivity index (χ4n) is 2.77. The maximum Gasteiger partial charge on any atom is 0.320 e. The smallest absolute Gasteiger partial charge is 0.320 e. The van der Waals surface area contributed by atoms with Crippen LogP contribution in [0.3, 0.4) is 0 Å². The minimum atomic E-state index is -0.818. The summed E-state index contributed by atoms with van der Waals surface area (Å²) in [7, 11) is 1.52. The molecule has 1 saturated heterocycles. The molecule has 1 amide bonds. The van der Waals surface area contributed by atoms with Crippen LogP contribution in [0.25, 0.3) is 0 Å². The van der Waals surface area contributed by atoms with E-state index < -0.39 is 12.0 Å². The van der Waals surface area contributed by atoms with Crippen LogP contribution < -0.4 is 10.1 Å². The van der Waals surface area contributed by atoms with Crippen molar-refractivity contribution in [3.05, 3.63) is 23.2 Å². The first-order chi connectivity index (χ1) is 11.0. The van der Waals surface area contributed by atoms with Crippen LogP contribution >= 0.6 is 11.6 Å². The van der Waals surface area contributed by atoms with Crippen LogP contribution in [0.1, 0.15) is 25.7 Å². The van der Waals surface area contributed by atoms with Gasteiger partial charge in [0.05, 0.1) is 12.8 Å². The number of carboxylic acid groups (broad SMARTS) is 1. The highest BCUT2D eigenvalue weighted by Gasteiger charge is 2.28. The molecule has 126 valence electrons. The quantitative estimate of drug-likeness (QED) is 0.832. The molecular weight excluding hydrogens is 320 g/mol. The number of nitrogens with zero attached hydrogens (tertiary/aromatic N) is 1. The second kappa shape index (κ2) is 8.17. The number of ether oxygens (including phenoxy) is 1. The van der Waals surface area contributed by atoms with Gasteiger partial charge in [0, 0.05) is 18.0 Å². The maximum absolute atomic E-state index is 12.1. The van der Waals surface area contributed by atoms with Gasteiger partial charge in [-0.2, -0.15) is 0 Å². The number of rotatable bonds is 6. The third-order valence-electron chi connectivity index (χ3n) is 3.96. The highest BCUT2D eigenvalue weighted by atomic mass is 35.5. The number of carboxylic acids is 1. The van der Waals surface area contributed by atoms with Crippen molar-refractivity contribution >= 4 is 29.2 Å². The van der Waals surface area contributed by atoms with Crippen molar-refractivity contribution in [1.29, 1.82) is 0 Å². The minimum Gasteiger partial charge on any atom is -0.495 e. The molecule has 0 radical (unpaired) electrons. The van der Waals surface area contributed by atoms with Crippen molar-refractivity contribution in [2.24, 2.45) is 0 Å². The van der Waals surface area contributed by atoms with Gasteiger partial charge < -0.3 is 15.2 Å². The largest absolute Gasteiger partial charge is 0.495 e. The Bertz CT molecular complexity index is 579. The molecule has 1 aliphatic rings. The van der Waals surface area contributed by atoms with Crippen LogP contribution in [0.2, 0.25) is 5.02 Å². The third kappa shape index (κ3) is 4.84. The van der Waals surface area contributed by atoms with Gasteiger partial charge in [0.25, 0.3) is 0 Å². The monoisotopic (exact) mass is 340 g/mol. The van der Waals surface area contributed by atoms with E-state index in [1.165, 1.54) is 7.11 Å². The number of anilines is 1. The number of amides is 1. The molecule has 2 rings (SSSR count). The molecule has 0 saturated carbocycles. The fourth-order valence-corrected chi connectivity index (χ4v) is 2.95. The minimum absolute atomic E-state index is 0.194. The van der Waals surface area contributed by atoms with E-state index in [0.717, 1.165) is 12.8 Å². The van der Waals surface area contributed by atoms with Gasteiger partial charge in [-0.25, -0.2) is 0 Å². The number of carbonyl (C=O) groups is 2. The van der Waals surface area contributed by atoms with Crippen molar-refractivity contribution in [2.45, 2.75) is 31.7 Å². The lowest BCUT2D eigenvalue weighted by Gasteiger charge is -2.32. The van der Waals surface area contributed by atoms with Crippen LogP contribution in [0.4, 0.5) is 5.69 Å².